The third kappa shape index (κ3) is 3.50. The van der Waals surface area contributed by atoms with E-state index in [4.69, 9.17) is 5.73 Å². The van der Waals surface area contributed by atoms with Crippen LogP contribution in [0.5, 0.6) is 0 Å². The first-order chi connectivity index (χ1) is 8.47. The van der Waals surface area contributed by atoms with Crippen LogP contribution in [0, 0.1) is 11.6 Å². The largest absolute Gasteiger partial charge is 0.336 e. The molecule has 2 N–H and O–H groups in total. The molecule has 0 saturated heterocycles. The molecule has 1 aromatic rings. The lowest BCUT2D eigenvalue weighted by molar-refractivity contribution is 0.0704. The standard InChI is InChI=1S/C13H18F2N2O/c1-9(2)17(7-3-6-16)13(18)10-4-5-11(14)12(15)8-10/h4-5,8-9H,3,6-7,16H2,1-2H3. The van der Waals surface area contributed by atoms with E-state index in [1.54, 1.807) is 4.90 Å². The number of carbonyl (C=O) groups is 1. The van der Waals surface area contributed by atoms with Gasteiger partial charge in [0, 0.05) is 18.2 Å². The third-order valence-corrected chi connectivity index (χ3v) is 2.65. The van der Waals surface area contributed by atoms with Gasteiger partial charge in [0.25, 0.3) is 5.91 Å². The van der Waals surface area contributed by atoms with Crippen LogP contribution in [0.1, 0.15) is 30.6 Å². The molecule has 100 valence electrons. The van der Waals surface area contributed by atoms with Gasteiger partial charge in [-0.3, -0.25) is 4.79 Å². The molecule has 3 nitrogen and oxygen atoms in total. The Kier molecular flexibility index (Phi) is 5.22. The lowest BCUT2D eigenvalue weighted by Crippen LogP contribution is -2.38. The monoisotopic (exact) mass is 256 g/mol. The number of hydrogen-bond acceptors (Lipinski definition) is 2. The molecule has 0 spiro atoms. The lowest BCUT2D eigenvalue weighted by Gasteiger charge is -2.26. The molecule has 1 aromatic carbocycles. The van der Waals surface area contributed by atoms with Crippen molar-refractivity contribution in [3.05, 3.63) is 35.4 Å². The van der Waals surface area contributed by atoms with E-state index < -0.39 is 11.6 Å². The number of nitrogens with zero attached hydrogens (tertiary/aromatic N) is 1. The Morgan fingerprint density at radius 1 is 1.33 bits per heavy atom. The highest BCUT2D eigenvalue weighted by Gasteiger charge is 2.19. The minimum atomic E-state index is -1.01. The molecule has 0 aliphatic carbocycles. The quantitative estimate of drug-likeness (QED) is 0.877. The van der Waals surface area contributed by atoms with Crippen molar-refractivity contribution in [3.8, 4) is 0 Å². The first-order valence-corrected chi connectivity index (χ1v) is 5.93. The summed E-state index contributed by atoms with van der Waals surface area (Å²) >= 11 is 0. The highest BCUT2D eigenvalue weighted by Crippen LogP contribution is 2.13. The van der Waals surface area contributed by atoms with Crippen molar-refractivity contribution in [1.29, 1.82) is 0 Å². The highest BCUT2D eigenvalue weighted by atomic mass is 19.2. The molecule has 1 rings (SSSR count). The van der Waals surface area contributed by atoms with Gasteiger partial charge in [-0.25, -0.2) is 8.78 Å². The van der Waals surface area contributed by atoms with Crippen molar-refractivity contribution < 1.29 is 13.6 Å². The van der Waals surface area contributed by atoms with Crippen LogP contribution in [-0.4, -0.2) is 29.9 Å². The van der Waals surface area contributed by atoms with Gasteiger partial charge in [0.1, 0.15) is 0 Å². The van der Waals surface area contributed by atoms with E-state index in [0.717, 1.165) is 12.1 Å². The molecule has 0 saturated carbocycles. The smallest absolute Gasteiger partial charge is 0.254 e. The SMILES string of the molecule is CC(C)N(CCCN)C(=O)c1ccc(F)c(F)c1. The van der Waals surface area contributed by atoms with Crippen molar-refractivity contribution in [2.75, 3.05) is 13.1 Å². The summed E-state index contributed by atoms with van der Waals surface area (Å²) in [5.74, 6) is -2.27. The zero-order chi connectivity index (χ0) is 13.7. The summed E-state index contributed by atoms with van der Waals surface area (Å²) in [6.07, 6.45) is 0.674. The minimum absolute atomic E-state index is 0.0165. The normalized spacial score (nSPS) is 10.8. The van der Waals surface area contributed by atoms with Crippen molar-refractivity contribution in [3.63, 3.8) is 0 Å². The molecule has 0 bridgehead atoms. The van der Waals surface area contributed by atoms with E-state index in [9.17, 15) is 13.6 Å². The van der Waals surface area contributed by atoms with Crippen molar-refractivity contribution in [1.82, 2.24) is 4.90 Å². The van der Waals surface area contributed by atoms with Gasteiger partial charge >= 0.3 is 0 Å². The fourth-order valence-electron chi connectivity index (χ4n) is 1.65. The predicted octanol–water partition coefficient (Wildman–Crippen LogP) is 2.16. The Morgan fingerprint density at radius 3 is 2.50 bits per heavy atom. The molecule has 18 heavy (non-hydrogen) atoms. The number of nitrogens with two attached hydrogens (primary N) is 1. The van der Waals surface area contributed by atoms with Crippen LogP contribution in [0.3, 0.4) is 0 Å². The number of amides is 1. The van der Waals surface area contributed by atoms with Gasteiger partial charge in [0.05, 0.1) is 0 Å². The van der Waals surface area contributed by atoms with Gasteiger partial charge < -0.3 is 10.6 Å². The highest BCUT2D eigenvalue weighted by molar-refractivity contribution is 5.94. The van der Waals surface area contributed by atoms with Crippen molar-refractivity contribution in [2.24, 2.45) is 5.73 Å². The molecule has 0 aliphatic heterocycles. The third-order valence-electron chi connectivity index (χ3n) is 2.65. The average Bonchev–Trinajstić information content (AvgIpc) is 2.32. The second kappa shape index (κ2) is 6.44. The van der Waals surface area contributed by atoms with Gasteiger partial charge in [-0.15, -0.1) is 0 Å². The van der Waals surface area contributed by atoms with E-state index in [-0.39, 0.29) is 17.5 Å². The van der Waals surface area contributed by atoms with Crippen molar-refractivity contribution in [2.45, 2.75) is 26.3 Å². The van der Waals surface area contributed by atoms with Crippen LogP contribution in [0.25, 0.3) is 0 Å². The average molecular weight is 256 g/mol. The van der Waals surface area contributed by atoms with Crippen LogP contribution >= 0.6 is 0 Å². The Balaban J connectivity index is 2.91. The molecule has 0 aromatic heterocycles. The number of halogens is 2. The summed E-state index contributed by atoms with van der Waals surface area (Å²) in [4.78, 5) is 13.7. The van der Waals surface area contributed by atoms with E-state index in [1.165, 1.54) is 6.07 Å². The Bertz CT molecular complexity index is 421. The first-order valence-electron chi connectivity index (χ1n) is 5.93. The van der Waals surface area contributed by atoms with Crippen LogP contribution in [0.4, 0.5) is 8.78 Å². The molecule has 0 aliphatic rings. The van der Waals surface area contributed by atoms with Gasteiger partial charge in [-0.05, 0) is 45.0 Å². The van der Waals surface area contributed by atoms with Gasteiger partial charge in [0.15, 0.2) is 11.6 Å². The number of rotatable bonds is 5. The van der Waals surface area contributed by atoms with Crippen molar-refractivity contribution >= 4 is 5.91 Å². The van der Waals surface area contributed by atoms with Crippen LogP contribution in [0.2, 0.25) is 0 Å². The molecular weight excluding hydrogens is 238 g/mol. The predicted molar refractivity (Wildman–Crippen MR) is 66.2 cm³/mol. The molecule has 5 heteroatoms. The van der Waals surface area contributed by atoms with E-state index >= 15 is 0 Å². The topological polar surface area (TPSA) is 46.3 Å². The summed E-state index contributed by atoms with van der Waals surface area (Å²) < 4.78 is 25.9. The zero-order valence-electron chi connectivity index (χ0n) is 10.6. The number of benzene rings is 1. The lowest BCUT2D eigenvalue weighted by atomic mass is 10.1. The summed E-state index contributed by atoms with van der Waals surface area (Å²) in [5.41, 5.74) is 5.56. The number of carbonyl (C=O) groups excluding carboxylic acids is 1. The Labute approximate surface area is 106 Å². The van der Waals surface area contributed by atoms with Crippen LogP contribution < -0.4 is 5.73 Å². The minimum Gasteiger partial charge on any atom is -0.336 e. The zero-order valence-corrected chi connectivity index (χ0v) is 10.6. The maximum absolute atomic E-state index is 13.1. The van der Waals surface area contributed by atoms with E-state index in [0.29, 0.717) is 19.5 Å². The molecule has 0 atom stereocenters. The van der Waals surface area contributed by atoms with Gasteiger partial charge in [0.2, 0.25) is 0 Å². The molecule has 0 unspecified atom stereocenters. The summed E-state index contributed by atoms with van der Waals surface area (Å²) in [6.45, 7) is 4.73. The molecular formula is C13H18F2N2O. The summed E-state index contributed by atoms with van der Waals surface area (Å²) in [5, 5.41) is 0. The summed E-state index contributed by atoms with van der Waals surface area (Å²) in [7, 11) is 0. The van der Waals surface area contributed by atoms with Crippen LogP contribution in [0.15, 0.2) is 18.2 Å². The fraction of sp³-hybridized carbons (Fsp3) is 0.462. The Hall–Kier alpha value is -1.49. The molecule has 1 amide bonds. The van der Waals surface area contributed by atoms with E-state index in [1.807, 2.05) is 13.8 Å². The fourth-order valence-corrected chi connectivity index (χ4v) is 1.65. The van der Waals surface area contributed by atoms with Crippen LogP contribution in [-0.2, 0) is 0 Å². The number of hydrogen-bond donors (Lipinski definition) is 1. The second-order valence-electron chi connectivity index (χ2n) is 4.36. The van der Waals surface area contributed by atoms with Gasteiger partial charge in [-0.2, -0.15) is 0 Å². The maximum atomic E-state index is 13.1. The summed E-state index contributed by atoms with van der Waals surface area (Å²) in [6, 6.07) is 3.16. The molecule has 0 fully saturated rings. The van der Waals surface area contributed by atoms with E-state index in [2.05, 4.69) is 0 Å². The van der Waals surface area contributed by atoms with Gasteiger partial charge in [-0.1, -0.05) is 0 Å². The maximum Gasteiger partial charge on any atom is 0.254 e. The molecule has 0 radical (unpaired) electrons. The Morgan fingerprint density at radius 2 is 2.00 bits per heavy atom. The second-order valence-corrected chi connectivity index (χ2v) is 4.36. The first kappa shape index (κ1) is 14.6. The molecule has 0 heterocycles.